The Balaban J connectivity index is 1.51. The molecule has 0 radical (unpaired) electrons. The summed E-state index contributed by atoms with van der Waals surface area (Å²) in [7, 11) is 0. The largest absolute Gasteiger partial charge is 0.475 e. The van der Waals surface area contributed by atoms with Gasteiger partial charge in [0, 0.05) is 17.7 Å². The van der Waals surface area contributed by atoms with Crippen LogP contribution in [-0.4, -0.2) is 16.8 Å². The summed E-state index contributed by atoms with van der Waals surface area (Å²) in [5.74, 6) is 0.00855. The topological polar surface area (TPSA) is 72.0 Å². The van der Waals surface area contributed by atoms with Gasteiger partial charge in [0.1, 0.15) is 5.70 Å². The SMILES string of the molecule is CCCCCCCCC1C=CC(Oc2ccc(C(=O)O)o2)=C2N=C3CCCCC3=C21. The van der Waals surface area contributed by atoms with Crippen LogP contribution in [0.3, 0.4) is 0 Å². The monoisotopic (exact) mass is 409 g/mol. The number of allylic oxidation sites excluding steroid dienone is 4. The van der Waals surface area contributed by atoms with Crippen LogP contribution < -0.4 is 4.74 Å². The predicted octanol–water partition coefficient (Wildman–Crippen LogP) is 6.83. The van der Waals surface area contributed by atoms with Gasteiger partial charge in [-0.3, -0.25) is 0 Å². The minimum Gasteiger partial charge on any atom is -0.475 e. The molecule has 1 unspecified atom stereocenters. The normalized spacial score (nSPS) is 20.3. The van der Waals surface area contributed by atoms with Gasteiger partial charge in [0.2, 0.25) is 5.76 Å². The zero-order valence-electron chi connectivity index (χ0n) is 17.8. The highest BCUT2D eigenvalue weighted by Crippen LogP contribution is 2.44. The van der Waals surface area contributed by atoms with Gasteiger partial charge in [0.05, 0.1) is 0 Å². The number of carbonyl (C=O) groups is 1. The second kappa shape index (κ2) is 9.50. The molecule has 160 valence electrons. The zero-order chi connectivity index (χ0) is 20.9. The molecule has 0 spiro atoms. The van der Waals surface area contributed by atoms with Crippen LogP contribution in [0.25, 0.3) is 0 Å². The summed E-state index contributed by atoms with van der Waals surface area (Å²) >= 11 is 0. The molecule has 2 aliphatic carbocycles. The fourth-order valence-electron chi connectivity index (χ4n) is 4.67. The number of ether oxygens (including phenoxy) is 1. The lowest BCUT2D eigenvalue weighted by Crippen LogP contribution is -2.13. The number of carboxylic acid groups (broad SMARTS) is 1. The molecule has 0 aromatic carbocycles. The van der Waals surface area contributed by atoms with Crippen molar-refractivity contribution in [1.82, 2.24) is 0 Å². The summed E-state index contributed by atoms with van der Waals surface area (Å²) in [6, 6.07) is 2.96. The summed E-state index contributed by atoms with van der Waals surface area (Å²) in [6.07, 6.45) is 17.7. The predicted molar refractivity (Wildman–Crippen MR) is 117 cm³/mol. The number of aliphatic imine (C=N–C) groups is 1. The molecule has 1 aromatic rings. The number of nitrogens with zero attached hydrogens (tertiary/aromatic N) is 1. The number of unbranched alkanes of at least 4 members (excludes halogenated alkanes) is 5. The number of aromatic carboxylic acids is 1. The molecule has 0 saturated heterocycles. The fraction of sp³-hybridized carbons (Fsp3) is 0.520. The molecule has 3 aliphatic rings. The van der Waals surface area contributed by atoms with Gasteiger partial charge in [0.15, 0.2) is 5.76 Å². The average molecular weight is 410 g/mol. The van der Waals surface area contributed by atoms with E-state index in [2.05, 4.69) is 13.0 Å². The molecule has 5 nitrogen and oxygen atoms in total. The lowest BCUT2D eigenvalue weighted by atomic mass is 9.81. The highest BCUT2D eigenvalue weighted by Gasteiger charge is 2.34. The number of hydrogen-bond acceptors (Lipinski definition) is 4. The maximum absolute atomic E-state index is 11.1. The van der Waals surface area contributed by atoms with Gasteiger partial charge in [-0.1, -0.05) is 51.5 Å². The number of hydrogen-bond donors (Lipinski definition) is 1. The Labute approximate surface area is 178 Å². The first-order valence-corrected chi connectivity index (χ1v) is 11.4. The summed E-state index contributed by atoms with van der Waals surface area (Å²) < 4.78 is 11.2. The van der Waals surface area contributed by atoms with Gasteiger partial charge in [-0.15, -0.1) is 0 Å². The van der Waals surface area contributed by atoms with E-state index >= 15 is 0 Å². The Morgan fingerprint density at radius 3 is 2.77 bits per heavy atom. The molecule has 4 rings (SSSR count). The van der Waals surface area contributed by atoms with Gasteiger partial charge in [0.25, 0.3) is 5.95 Å². The molecule has 1 aromatic heterocycles. The van der Waals surface area contributed by atoms with Crippen LogP contribution in [0.4, 0.5) is 0 Å². The third kappa shape index (κ3) is 4.45. The molecule has 0 amide bonds. The van der Waals surface area contributed by atoms with Crippen molar-refractivity contribution in [3.63, 3.8) is 0 Å². The molecule has 1 N–H and O–H groups in total. The number of rotatable bonds is 10. The molecule has 1 atom stereocenters. The molecule has 0 bridgehead atoms. The van der Waals surface area contributed by atoms with Crippen molar-refractivity contribution in [2.45, 2.75) is 77.6 Å². The first kappa shape index (κ1) is 20.7. The summed E-state index contributed by atoms with van der Waals surface area (Å²) in [6.45, 7) is 2.25. The molecular weight excluding hydrogens is 378 g/mol. The zero-order valence-corrected chi connectivity index (χ0v) is 17.8. The molecule has 5 heteroatoms. The van der Waals surface area contributed by atoms with Crippen LogP contribution in [0.15, 0.2) is 56.3 Å². The highest BCUT2D eigenvalue weighted by atomic mass is 16.6. The summed E-state index contributed by atoms with van der Waals surface area (Å²) in [5, 5.41) is 9.08. The maximum Gasteiger partial charge on any atom is 0.371 e. The van der Waals surface area contributed by atoms with Crippen LogP contribution in [0, 0.1) is 5.92 Å². The van der Waals surface area contributed by atoms with Gasteiger partial charge in [-0.2, -0.15) is 0 Å². The van der Waals surface area contributed by atoms with Crippen molar-refractivity contribution in [1.29, 1.82) is 0 Å². The van der Waals surface area contributed by atoms with Crippen LogP contribution in [0.5, 0.6) is 5.95 Å². The smallest absolute Gasteiger partial charge is 0.371 e. The molecule has 2 heterocycles. The van der Waals surface area contributed by atoms with Crippen LogP contribution in [0.2, 0.25) is 0 Å². The van der Waals surface area contributed by atoms with Crippen molar-refractivity contribution < 1.29 is 19.1 Å². The maximum atomic E-state index is 11.1. The standard InChI is InChI=1S/C25H31NO4/c1-2-3-4-5-6-7-10-17-13-14-20(29-22-16-15-21(30-22)25(27)28)24-23(17)18-11-8-9-12-19(18)26-24/h13-17H,2-12H2,1H3,(H,27,28). The number of carboxylic acids is 1. The van der Waals surface area contributed by atoms with Crippen molar-refractivity contribution >= 4 is 11.7 Å². The van der Waals surface area contributed by atoms with E-state index in [1.165, 1.54) is 74.3 Å². The molecule has 1 saturated carbocycles. The Hall–Kier alpha value is -2.56. The van der Waals surface area contributed by atoms with Gasteiger partial charge >= 0.3 is 5.97 Å². The van der Waals surface area contributed by atoms with E-state index in [1.54, 1.807) is 6.07 Å². The van der Waals surface area contributed by atoms with Crippen molar-refractivity contribution in [3.8, 4) is 5.95 Å². The molecule has 1 fully saturated rings. The fourth-order valence-corrected chi connectivity index (χ4v) is 4.67. The van der Waals surface area contributed by atoms with Gasteiger partial charge in [-0.25, -0.2) is 9.79 Å². The van der Waals surface area contributed by atoms with Crippen molar-refractivity contribution in [3.05, 3.63) is 52.6 Å². The van der Waals surface area contributed by atoms with Crippen molar-refractivity contribution in [2.75, 3.05) is 0 Å². The first-order chi connectivity index (χ1) is 14.7. The molecule has 30 heavy (non-hydrogen) atoms. The van der Waals surface area contributed by atoms with Crippen LogP contribution in [-0.2, 0) is 0 Å². The van der Waals surface area contributed by atoms with E-state index < -0.39 is 5.97 Å². The van der Waals surface area contributed by atoms with E-state index in [-0.39, 0.29) is 11.7 Å². The van der Waals surface area contributed by atoms with Gasteiger partial charge < -0.3 is 14.3 Å². The summed E-state index contributed by atoms with van der Waals surface area (Å²) in [5.41, 5.74) is 4.90. The lowest BCUT2D eigenvalue weighted by Gasteiger charge is -2.23. The minimum absolute atomic E-state index is 0.124. The Kier molecular flexibility index (Phi) is 6.56. The van der Waals surface area contributed by atoms with E-state index in [1.807, 2.05) is 6.08 Å². The van der Waals surface area contributed by atoms with E-state index in [0.29, 0.717) is 11.7 Å². The average Bonchev–Trinajstić information content (AvgIpc) is 3.37. The van der Waals surface area contributed by atoms with Crippen LogP contribution in [0.1, 0.15) is 88.1 Å². The third-order valence-corrected chi connectivity index (χ3v) is 6.22. The van der Waals surface area contributed by atoms with Crippen LogP contribution >= 0.6 is 0 Å². The quantitative estimate of drug-likeness (QED) is 0.430. The molecular formula is C25H31NO4. The van der Waals surface area contributed by atoms with E-state index in [4.69, 9.17) is 19.3 Å². The minimum atomic E-state index is -1.10. The first-order valence-electron chi connectivity index (χ1n) is 11.4. The third-order valence-electron chi connectivity index (χ3n) is 6.22. The second-order valence-corrected chi connectivity index (χ2v) is 8.42. The molecule has 1 aliphatic heterocycles. The second-order valence-electron chi connectivity index (χ2n) is 8.42. The number of furan rings is 1. The Morgan fingerprint density at radius 2 is 1.97 bits per heavy atom. The Morgan fingerprint density at radius 1 is 1.17 bits per heavy atom. The Bertz CT molecular complexity index is 915. The van der Waals surface area contributed by atoms with Crippen molar-refractivity contribution in [2.24, 2.45) is 10.9 Å². The lowest BCUT2D eigenvalue weighted by molar-refractivity contribution is 0.0656. The highest BCUT2D eigenvalue weighted by molar-refractivity contribution is 6.05. The number of fused-ring (bicyclic) bond motifs is 2. The summed E-state index contributed by atoms with van der Waals surface area (Å²) in [4.78, 5) is 16.0. The van der Waals surface area contributed by atoms with E-state index in [9.17, 15) is 4.79 Å². The van der Waals surface area contributed by atoms with E-state index in [0.717, 1.165) is 25.0 Å². The van der Waals surface area contributed by atoms with Gasteiger partial charge in [-0.05, 0) is 55.4 Å².